The Hall–Kier alpha value is -3.49. The molecule has 188 valence electrons. The number of sulfonamides is 1. The second-order valence-electron chi connectivity index (χ2n) is 9.23. The molecule has 0 fully saturated rings. The highest BCUT2D eigenvalue weighted by atomic mass is 32.2. The first-order valence-corrected chi connectivity index (χ1v) is 13.4. The molecule has 4 rings (SSSR count). The molecule has 2 N–H and O–H groups in total. The molecule has 7 nitrogen and oxygen atoms in total. The number of benzene rings is 3. The van der Waals surface area contributed by atoms with Crippen molar-refractivity contribution >= 4 is 27.5 Å². The third-order valence-corrected chi connectivity index (χ3v) is 8.30. The van der Waals surface area contributed by atoms with E-state index < -0.39 is 16.1 Å². The van der Waals surface area contributed by atoms with Crippen molar-refractivity contribution in [3.8, 4) is 0 Å². The molecular formula is C28H31N3O4S. The van der Waals surface area contributed by atoms with Crippen LogP contribution in [0.2, 0.25) is 0 Å². The molecule has 2 amide bonds. The smallest absolute Gasteiger partial charge is 0.245 e. The molecule has 1 heterocycles. The monoisotopic (exact) mass is 505 g/mol. The minimum Gasteiger partial charge on any atom is -0.352 e. The number of nitrogens with one attached hydrogen (secondary N) is 2. The summed E-state index contributed by atoms with van der Waals surface area (Å²) in [7, 11) is -4.03. The van der Waals surface area contributed by atoms with Crippen molar-refractivity contribution in [2.75, 3.05) is 11.9 Å². The summed E-state index contributed by atoms with van der Waals surface area (Å²) in [6.45, 7) is 5.75. The van der Waals surface area contributed by atoms with Crippen molar-refractivity contribution < 1.29 is 18.0 Å². The SMILES string of the molecule is CC(=O)Nc1ccc(C)cc1S(=O)(=O)N1CCc2ccccc2[C@H]1CC(=O)NCc1cccc(C)c1. The zero-order chi connectivity index (χ0) is 25.9. The molecule has 1 aliphatic rings. The Balaban J connectivity index is 1.66. The van der Waals surface area contributed by atoms with Crippen molar-refractivity contribution in [3.63, 3.8) is 0 Å². The van der Waals surface area contributed by atoms with Crippen LogP contribution in [0.1, 0.15) is 47.2 Å². The summed E-state index contributed by atoms with van der Waals surface area (Å²) in [6.07, 6.45) is 0.529. The van der Waals surface area contributed by atoms with Crippen LogP contribution >= 0.6 is 0 Å². The van der Waals surface area contributed by atoms with Crippen molar-refractivity contribution in [2.45, 2.75) is 51.1 Å². The Kier molecular flexibility index (Phi) is 7.56. The molecule has 1 aliphatic heterocycles. The van der Waals surface area contributed by atoms with Crippen LogP contribution < -0.4 is 10.6 Å². The van der Waals surface area contributed by atoms with E-state index in [4.69, 9.17) is 0 Å². The predicted molar refractivity (Wildman–Crippen MR) is 140 cm³/mol. The van der Waals surface area contributed by atoms with Crippen molar-refractivity contribution in [3.05, 3.63) is 94.5 Å². The first-order valence-electron chi connectivity index (χ1n) is 12.0. The molecule has 0 saturated heterocycles. The average molecular weight is 506 g/mol. The van der Waals surface area contributed by atoms with E-state index in [-0.39, 0.29) is 35.4 Å². The van der Waals surface area contributed by atoms with Gasteiger partial charge in [0.2, 0.25) is 21.8 Å². The van der Waals surface area contributed by atoms with E-state index in [2.05, 4.69) is 10.6 Å². The maximum atomic E-state index is 14.0. The highest BCUT2D eigenvalue weighted by molar-refractivity contribution is 7.89. The number of rotatable bonds is 7. The van der Waals surface area contributed by atoms with E-state index in [0.29, 0.717) is 13.0 Å². The topological polar surface area (TPSA) is 95.6 Å². The van der Waals surface area contributed by atoms with Crippen LogP contribution in [0.3, 0.4) is 0 Å². The third-order valence-electron chi connectivity index (χ3n) is 6.35. The van der Waals surface area contributed by atoms with Gasteiger partial charge in [-0.25, -0.2) is 8.42 Å². The lowest BCUT2D eigenvalue weighted by Gasteiger charge is -2.36. The van der Waals surface area contributed by atoms with Gasteiger partial charge < -0.3 is 10.6 Å². The van der Waals surface area contributed by atoms with Gasteiger partial charge in [-0.3, -0.25) is 9.59 Å². The molecule has 0 aliphatic carbocycles. The van der Waals surface area contributed by atoms with E-state index in [1.165, 1.54) is 11.2 Å². The maximum absolute atomic E-state index is 14.0. The number of amides is 2. The summed E-state index contributed by atoms with van der Waals surface area (Å²) in [4.78, 5) is 24.9. The summed E-state index contributed by atoms with van der Waals surface area (Å²) in [5.41, 5.74) is 4.94. The summed E-state index contributed by atoms with van der Waals surface area (Å²) < 4.78 is 29.4. The number of carbonyl (C=O) groups is 2. The van der Waals surface area contributed by atoms with Crippen LogP contribution in [-0.2, 0) is 32.6 Å². The number of hydrogen-bond acceptors (Lipinski definition) is 4. The van der Waals surface area contributed by atoms with Crippen LogP contribution in [0.15, 0.2) is 71.6 Å². The lowest BCUT2D eigenvalue weighted by Crippen LogP contribution is -2.42. The first-order chi connectivity index (χ1) is 17.1. The van der Waals surface area contributed by atoms with Gasteiger partial charge >= 0.3 is 0 Å². The van der Waals surface area contributed by atoms with E-state index >= 15 is 0 Å². The van der Waals surface area contributed by atoms with E-state index in [1.807, 2.05) is 55.5 Å². The second kappa shape index (κ2) is 10.6. The molecule has 0 spiro atoms. The number of fused-ring (bicyclic) bond motifs is 1. The van der Waals surface area contributed by atoms with Gasteiger partial charge in [-0.2, -0.15) is 4.31 Å². The van der Waals surface area contributed by atoms with Gasteiger partial charge in [0.1, 0.15) is 4.90 Å². The summed E-state index contributed by atoms with van der Waals surface area (Å²) in [5, 5.41) is 5.58. The summed E-state index contributed by atoms with van der Waals surface area (Å²) in [6, 6.07) is 19.8. The molecular weight excluding hydrogens is 474 g/mol. The second-order valence-corrected chi connectivity index (χ2v) is 11.1. The van der Waals surface area contributed by atoms with Gasteiger partial charge in [0.05, 0.1) is 11.7 Å². The van der Waals surface area contributed by atoms with Gasteiger partial charge in [0.15, 0.2) is 0 Å². The van der Waals surface area contributed by atoms with E-state index in [0.717, 1.165) is 27.8 Å². The van der Waals surface area contributed by atoms with Gasteiger partial charge in [0.25, 0.3) is 0 Å². The molecule has 3 aromatic carbocycles. The van der Waals surface area contributed by atoms with E-state index in [9.17, 15) is 18.0 Å². The average Bonchev–Trinajstić information content (AvgIpc) is 2.83. The quantitative estimate of drug-likeness (QED) is 0.502. The zero-order valence-electron chi connectivity index (χ0n) is 20.7. The van der Waals surface area contributed by atoms with Gasteiger partial charge in [0, 0.05) is 26.4 Å². The van der Waals surface area contributed by atoms with Crippen LogP contribution in [-0.4, -0.2) is 31.1 Å². The number of carbonyl (C=O) groups excluding carboxylic acids is 2. The minimum atomic E-state index is -4.03. The van der Waals surface area contributed by atoms with Crippen LogP contribution in [0.4, 0.5) is 5.69 Å². The predicted octanol–water partition coefficient (Wildman–Crippen LogP) is 4.26. The van der Waals surface area contributed by atoms with Gasteiger partial charge in [-0.1, -0.05) is 60.2 Å². The summed E-state index contributed by atoms with van der Waals surface area (Å²) in [5.74, 6) is -0.587. The van der Waals surface area contributed by atoms with Gasteiger partial charge in [-0.05, 0) is 54.7 Å². The fraction of sp³-hybridized carbons (Fsp3) is 0.286. The van der Waals surface area contributed by atoms with Crippen LogP contribution in [0.25, 0.3) is 0 Å². The Morgan fingerprint density at radius 2 is 1.72 bits per heavy atom. The van der Waals surface area contributed by atoms with Crippen LogP contribution in [0.5, 0.6) is 0 Å². The van der Waals surface area contributed by atoms with Crippen molar-refractivity contribution in [1.29, 1.82) is 0 Å². The normalized spacial score (nSPS) is 15.7. The van der Waals surface area contributed by atoms with Crippen molar-refractivity contribution in [2.24, 2.45) is 0 Å². The van der Waals surface area contributed by atoms with Crippen molar-refractivity contribution in [1.82, 2.24) is 9.62 Å². The molecule has 0 radical (unpaired) electrons. The fourth-order valence-electron chi connectivity index (χ4n) is 4.66. The van der Waals surface area contributed by atoms with E-state index in [1.54, 1.807) is 25.1 Å². The Morgan fingerprint density at radius 1 is 0.972 bits per heavy atom. The number of nitrogens with zero attached hydrogens (tertiary/aromatic N) is 1. The number of hydrogen-bond donors (Lipinski definition) is 2. The number of aryl methyl sites for hydroxylation is 2. The molecule has 1 atom stereocenters. The standard InChI is InChI=1S/C28H31N3O4S/c1-19-7-6-8-22(15-19)18-29-28(33)17-26-24-10-5-4-9-23(24)13-14-31(26)36(34,35)27-16-20(2)11-12-25(27)30-21(3)32/h4-12,15-16,26H,13-14,17-18H2,1-3H3,(H,29,33)(H,30,32)/t26-/m1/s1. The third kappa shape index (κ3) is 5.66. The van der Waals surface area contributed by atoms with Crippen LogP contribution in [0, 0.1) is 13.8 Å². The van der Waals surface area contributed by atoms with Gasteiger partial charge in [-0.15, -0.1) is 0 Å². The molecule has 0 aromatic heterocycles. The highest BCUT2D eigenvalue weighted by Gasteiger charge is 2.38. The first kappa shape index (κ1) is 25.6. The Morgan fingerprint density at radius 3 is 2.47 bits per heavy atom. The molecule has 0 saturated carbocycles. The Bertz CT molecular complexity index is 1400. The zero-order valence-corrected chi connectivity index (χ0v) is 21.6. The molecule has 36 heavy (non-hydrogen) atoms. The lowest BCUT2D eigenvalue weighted by molar-refractivity contribution is -0.122. The molecule has 0 unspecified atom stereocenters. The highest BCUT2D eigenvalue weighted by Crippen LogP contribution is 2.38. The lowest BCUT2D eigenvalue weighted by atomic mass is 9.92. The summed E-state index contributed by atoms with van der Waals surface area (Å²) >= 11 is 0. The fourth-order valence-corrected chi connectivity index (χ4v) is 6.50. The Labute approximate surface area is 212 Å². The largest absolute Gasteiger partial charge is 0.352 e. The number of anilines is 1. The molecule has 3 aromatic rings. The molecule has 0 bridgehead atoms. The minimum absolute atomic E-state index is 0.0106. The maximum Gasteiger partial charge on any atom is 0.245 e. The molecule has 8 heteroatoms.